The van der Waals surface area contributed by atoms with Gasteiger partial charge in [-0.1, -0.05) is 18.2 Å². The van der Waals surface area contributed by atoms with Crippen LogP contribution in [0.3, 0.4) is 0 Å². The third kappa shape index (κ3) is 3.46. The van der Waals surface area contributed by atoms with Crippen molar-refractivity contribution >= 4 is 5.78 Å². The molecule has 0 aromatic heterocycles. The molecule has 0 aliphatic carbocycles. The lowest BCUT2D eigenvalue weighted by molar-refractivity contribution is 0.0968. The van der Waals surface area contributed by atoms with E-state index in [2.05, 4.69) is 4.90 Å². The van der Waals surface area contributed by atoms with Crippen molar-refractivity contribution in [3.63, 3.8) is 0 Å². The molecule has 0 fully saturated rings. The molecule has 1 aromatic carbocycles. The minimum absolute atomic E-state index is 0.00407. The Bertz CT molecular complexity index is 345. The highest BCUT2D eigenvalue weighted by atomic mass is 16.1. The summed E-state index contributed by atoms with van der Waals surface area (Å²) in [6, 6.07) is 7.20. The van der Waals surface area contributed by atoms with E-state index in [9.17, 15) is 4.79 Å². The van der Waals surface area contributed by atoms with Gasteiger partial charge in [0.1, 0.15) is 0 Å². The van der Waals surface area contributed by atoms with Crippen molar-refractivity contribution in [3.8, 4) is 0 Å². The number of nitrogens with zero attached hydrogens (tertiary/aromatic N) is 1. The summed E-state index contributed by atoms with van der Waals surface area (Å²) in [7, 11) is 4.00. The van der Waals surface area contributed by atoms with Crippen LogP contribution in [0.2, 0.25) is 0 Å². The summed E-state index contributed by atoms with van der Waals surface area (Å²) < 4.78 is 0. The van der Waals surface area contributed by atoms with E-state index >= 15 is 0 Å². The summed E-state index contributed by atoms with van der Waals surface area (Å²) in [5.41, 5.74) is 7.39. The fourth-order valence-electron chi connectivity index (χ4n) is 1.45. The fraction of sp³-hybridized carbons (Fsp3) is 0.417. The van der Waals surface area contributed by atoms with Crippen molar-refractivity contribution in [1.29, 1.82) is 0 Å². The minimum Gasteiger partial charge on any atom is -0.321 e. The van der Waals surface area contributed by atoms with Crippen LogP contribution in [0.15, 0.2) is 24.3 Å². The molecule has 82 valence electrons. The second kappa shape index (κ2) is 5.05. The highest BCUT2D eigenvalue weighted by Gasteiger charge is 2.10. The first-order chi connectivity index (χ1) is 7.00. The molecule has 15 heavy (non-hydrogen) atoms. The molecule has 0 aliphatic heterocycles. The van der Waals surface area contributed by atoms with Crippen LogP contribution in [0, 0.1) is 0 Å². The number of ketones is 1. The highest BCUT2D eigenvalue weighted by molar-refractivity contribution is 5.99. The Hall–Kier alpha value is -1.19. The van der Waals surface area contributed by atoms with E-state index < -0.39 is 6.04 Å². The van der Waals surface area contributed by atoms with Crippen LogP contribution in [0.25, 0.3) is 0 Å². The van der Waals surface area contributed by atoms with Gasteiger partial charge in [0.25, 0.3) is 0 Å². The number of carbonyl (C=O) groups is 1. The maximum absolute atomic E-state index is 11.6. The van der Waals surface area contributed by atoms with Gasteiger partial charge in [-0.15, -0.1) is 0 Å². The Balaban J connectivity index is 2.87. The quantitative estimate of drug-likeness (QED) is 0.755. The third-order valence-corrected chi connectivity index (χ3v) is 2.12. The van der Waals surface area contributed by atoms with E-state index in [1.54, 1.807) is 6.92 Å². The average Bonchev–Trinajstić information content (AvgIpc) is 2.16. The van der Waals surface area contributed by atoms with E-state index in [1.807, 2.05) is 38.4 Å². The van der Waals surface area contributed by atoms with Crippen LogP contribution >= 0.6 is 0 Å². The molecule has 0 spiro atoms. The average molecular weight is 206 g/mol. The molecule has 0 saturated heterocycles. The number of hydrogen-bond acceptors (Lipinski definition) is 3. The predicted molar refractivity (Wildman–Crippen MR) is 61.8 cm³/mol. The van der Waals surface area contributed by atoms with Crippen molar-refractivity contribution in [2.75, 3.05) is 14.1 Å². The van der Waals surface area contributed by atoms with E-state index in [0.717, 1.165) is 12.1 Å². The van der Waals surface area contributed by atoms with E-state index in [1.165, 1.54) is 0 Å². The molecule has 1 aromatic rings. The standard InChI is InChI=1S/C12H18N2O/c1-9(13)12(15)11-6-4-5-10(7-11)8-14(2)3/h4-7,9H,8,13H2,1-3H3. The number of nitrogens with two attached hydrogens (primary N) is 1. The number of benzene rings is 1. The van der Waals surface area contributed by atoms with E-state index in [-0.39, 0.29) is 5.78 Å². The second-order valence-corrected chi connectivity index (χ2v) is 4.09. The summed E-state index contributed by atoms with van der Waals surface area (Å²) >= 11 is 0. The third-order valence-electron chi connectivity index (χ3n) is 2.12. The molecule has 1 atom stereocenters. The largest absolute Gasteiger partial charge is 0.321 e. The minimum atomic E-state index is -0.431. The predicted octanol–water partition coefficient (Wildman–Crippen LogP) is 1.28. The molecule has 1 rings (SSSR count). The Morgan fingerprint density at radius 1 is 1.47 bits per heavy atom. The number of Topliss-reactive ketones (excluding diaryl/α,β-unsaturated/α-hetero) is 1. The molecule has 0 radical (unpaired) electrons. The van der Waals surface area contributed by atoms with Gasteiger partial charge in [0, 0.05) is 12.1 Å². The first-order valence-corrected chi connectivity index (χ1v) is 5.04. The molecule has 0 saturated carbocycles. The topological polar surface area (TPSA) is 46.3 Å². The number of hydrogen-bond donors (Lipinski definition) is 1. The maximum Gasteiger partial charge on any atom is 0.179 e. The first kappa shape index (κ1) is 11.9. The van der Waals surface area contributed by atoms with Crippen LogP contribution in [0.5, 0.6) is 0 Å². The summed E-state index contributed by atoms with van der Waals surface area (Å²) in [5, 5.41) is 0. The summed E-state index contributed by atoms with van der Waals surface area (Å²) in [4.78, 5) is 13.7. The molecule has 3 heteroatoms. The Labute approximate surface area is 90.9 Å². The van der Waals surface area contributed by atoms with Crippen LogP contribution in [0.4, 0.5) is 0 Å². The van der Waals surface area contributed by atoms with Gasteiger partial charge in [-0.25, -0.2) is 0 Å². The lowest BCUT2D eigenvalue weighted by Crippen LogP contribution is -2.26. The maximum atomic E-state index is 11.6. The summed E-state index contributed by atoms with van der Waals surface area (Å²) in [5.74, 6) is -0.00407. The van der Waals surface area contributed by atoms with Crippen LogP contribution in [-0.4, -0.2) is 30.8 Å². The number of carbonyl (C=O) groups excluding carboxylic acids is 1. The fourth-order valence-corrected chi connectivity index (χ4v) is 1.45. The zero-order valence-electron chi connectivity index (χ0n) is 9.53. The SMILES string of the molecule is CC(N)C(=O)c1cccc(CN(C)C)c1. The summed E-state index contributed by atoms with van der Waals surface area (Å²) in [6.07, 6.45) is 0. The van der Waals surface area contributed by atoms with Crippen LogP contribution in [-0.2, 0) is 6.54 Å². The normalized spacial score (nSPS) is 12.9. The Kier molecular flexibility index (Phi) is 4.00. The van der Waals surface area contributed by atoms with Crippen molar-refractivity contribution in [2.24, 2.45) is 5.73 Å². The Morgan fingerprint density at radius 2 is 2.13 bits per heavy atom. The molecule has 0 heterocycles. The van der Waals surface area contributed by atoms with Gasteiger partial charge >= 0.3 is 0 Å². The molecular weight excluding hydrogens is 188 g/mol. The van der Waals surface area contributed by atoms with Crippen molar-refractivity contribution in [2.45, 2.75) is 19.5 Å². The van der Waals surface area contributed by atoms with Gasteiger partial charge in [-0.2, -0.15) is 0 Å². The molecule has 0 bridgehead atoms. The molecule has 3 nitrogen and oxygen atoms in total. The lowest BCUT2D eigenvalue weighted by atomic mass is 10.0. The zero-order chi connectivity index (χ0) is 11.4. The highest BCUT2D eigenvalue weighted by Crippen LogP contribution is 2.08. The van der Waals surface area contributed by atoms with Gasteiger partial charge in [0.05, 0.1) is 6.04 Å². The van der Waals surface area contributed by atoms with Gasteiger partial charge < -0.3 is 10.6 Å². The Morgan fingerprint density at radius 3 is 2.67 bits per heavy atom. The lowest BCUT2D eigenvalue weighted by Gasteiger charge is -2.11. The summed E-state index contributed by atoms with van der Waals surface area (Å²) in [6.45, 7) is 2.54. The van der Waals surface area contributed by atoms with Gasteiger partial charge in [-0.3, -0.25) is 4.79 Å². The molecule has 0 amide bonds. The van der Waals surface area contributed by atoms with E-state index in [0.29, 0.717) is 5.56 Å². The van der Waals surface area contributed by atoms with Crippen molar-refractivity contribution in [1.82, 2.24) is 4.90 Å². The molecule has 0 aliphatic rings. The van der Waals surface area contributed by atoms with Crippen molar-refractivity contribution < 1.29 is 4.79 Å². The monoisotopic (exact) mass is 206 g/mol. The van der Waals surface area contributed by atoms with Crippen molar-refractivity contribution in [3.05, 3.63) is 35.4 Å². The second-order valence-electron chi connectivity index (χ2n) is 4.09. The molecular formula is C12H18N2O. The van der Waals surface area contributed by atoms with Gasteiger partial charge in [0.15, 0.2) is 5.78 Å². The van der Waals surface area contributed by atoms with Crippen LogP contribution in [0.1, 0.15) is 22.8 Å². The first-order valence-electron chi connectivity index (χ1n) is 5.04. The molecule has 1 unspecified atom stereocenters. The smallest absolute Gasteiger partial charge is 0.179 e. The number of rotatable bonds is 4. The van der Waals surface area contributed by atoms with Gasteiger partial charge in [0.2, 0.25) is 0 Å². The van der Waals surface area contributed by atoms with Gasteiger partial charge in [-0.05, 0) is 32.6 Å². The van der Waals surface area contributed by atoms with Crippen LogP contribution < -0.4 is 5.73 Å². The van der Waals surface area contributed by atoms with E-state index in [4.69, 9.17) is 5.73 Å². The zero-order valence-corrected chi connectivity index (χ0v) is 9.53. The molecule has 2 N–H and O–H groups in total.